The van der Waals surface area contributed by atoms with Crippen LogP contribution in [0.15, 0.2) is 18.2 Å². The Hall–Kier alpha value is -1.55. The standard InChI is InChI=1S/C17H26N2O2/c1-4-7-19(8-9-20)17(21)18-16-13(3)11-14-6-5-12(2)10-15(14)16/h5-6,10,13,16,20H,4,7-9,11H2,1-3H3,(H,18,21). The van der Waals surface area contributed by atoms with Gasteiger partial charge < -0.3 is 15.3 Å². The van der Waals surface area contributed by atoms with Gasteiger partial charge >= 0.3 is 6.03 Å². The number of carbonyl (C=O) groups excluding carboxylic acids is 1. The van der Waals surface area contributed by atoms with Crippen LogP contribution in [-0.4, -0.2) is 35.7 Å². The van der Waals surface area contributed by atoms with Crippen LogP contribution >= 0.6 is 0 Å². The number of urea groups is 1. The molecule has 1 aliphatic carbocycles. The van der Waals surface area contributed by atoms with E-state index in [0.29, 0.717) is 19.0 Å². The molecular formula is C17H26N2O2. The van der Waals surface area contributed by atoms with Gasteiger partial charge in [0.1, 0.15) is 0 Å². The molecule has 1 aromatic carbocycles. The Morgan fingerprint density at radius 1 is 1.43 bits per heavy atom. The first-order chi connectivity index (χ1) is 10.1. The third-order valence-electron chi connectivity index (χ3n) is 4.18. The van der Waals surface area contributed by atoms with E-state index in [1.807, 2.05) is 6.92 Å². The van der Waals surface area contributed by atoms with E-state index >= 15 is 0 Å². The molecule has 0 saturated heterocycles. The highest BCUT2D eigenvalue weighted by atomic mass is 16.3. The van der Waals surface area contributed by atoms with E-state index in [9.17, 15) is 4.79 Å². The summed E-state index contributed by atoms with van der Waals surface area (Å²) >= 11 is 0. The van der Waals surface area contributed by atoms with Crippen LogP contribution in [-0.2, 0) is 6.42 Å². The zero-order valence-corrected chi connectivity index (χ0v) is 13.2. The van der Waals surface area contributed by atoms with Crippen LogP contribution in [0.5, 0.6) is 0 Å². The van der Waals surface area contributed by atoms with Crippen molar-refractivity contribution >= 4 is 6.03 Å². The minimum absolute atomic E-state index is 0.00331. The fourth-order valence-electron chi connectivity index (χ4n) is 3.11. The third kappa shape index (κ3) is 3.56. The number of aliphatic hydroxyl groups excluding tert-OH is 1. The van der Waals surface area contributed by atoms with E-state index in [2.05, 4.69) is 37.4 Å². The molecule has 0 bridgehead atoms. The van der Waals surface area contributed by atoms with E-state index in [4.69, 9.17) is 5.11 Å². The lowest BCUT2D eigenvalue weighted by Crippen LogP contribution is -2.44. The van der Waals surface area contributed by atoms with Crippen molar-refractivity contribution in [2.45, 2.75) is 39.7 Å². The summed E-state index contributed by atoms with van der Waals surface area (Å²) in [5.74, 6) is 0.406. The van der Waals surface area contributed by atoms with Gasteiger partial charge in [-0.05, 0) is 36.8 Å². The lowest BCUT2D eigenvalue weighted by molar-refractivity contribution is 0.171. The molecule has 0 radical (unpaired) electrons. The molecule has 2 amide bonds. The molecule has 4 nitrogen and oxygen atoms in total. The van der Waals surface area contributed by atoms with E-state index in [1.165, 1.54) is 16.7 Å². The maximum atomic E-state index is 12.4. The molecule has 2 rings (SSSR count). The first kappa shape index (κ1) is 15.8. The van der Waals surface area contributed by atoms with Crippen LogP contribution in [0, 0.1) is 12.8 Å². The molecule has 0 spiro atoms. The third-order valence-corrected chi connectivity index (χ3v) is 4.18. The summed E-state index contributed by atoms with van der Waals surface area (Å²) in [5.41, 5.74) is 3.81. The van der Waals surface area contributed by atoms with Crippen LogP contribution in [0.1, 0.15) is 43.0 Å². The van der Waals surface area contributed by atoms with Gasteiger partial charge in [-0.25, -0.2) is 4.79 Å². The van der Waals surface area contributed by atoms with Crippen molar-refractivity contribution < 1.29 is 9.90 Å². The molecule has 2 N–H and O–H groups in total. The SMILES string of the molecule is CCCN(CCO)C(=O)NC1c2cc(C)ccc2CC1C. The Morgan fingerprint density at radius 2 is 2.19 bits per heavy atom. The van der Waals surface area contributed by atoms with Crippen LogP contribution in [0.4, 0.5) is 4.79 Å². The normalized spacial score (nSPS) is 20.2. The van der Waals surface area contributed by atoms with Gasteiger partial charge in [0.25, 0.3) is 0 Å². The van der Waals surface area contributed by atoms with E-state index in [1.54, 1.807) is 4.90 Å². The lowest BCUT2D eigenvalue weighted by Gasteiger charge is -2.26. The number of aliphatic hydroxyl groups is 1. The Bertz CT molecular complexity index is 496. The number of fused-ring (bicyclic) bond motifs is 1. The monoisotopic (exact) mass is 290 g/mol. The van der Waals surface area contributed by atoms with Crippen molar-refractivity contribution in [3.63, 3.8) is 0 Å². The summed E-state index contributed by atoms with van der Waals surface area (Å²) in [4.78, 5) is 14.1. The first-order valence-electron chi connectivity index (χ1n) is 7.82. The number of benzene rings is 1. The van der Waals surface area contributed by atoms with Gasteiger partial charge in [0, 0.05) is 13.1 Å². The van der Waals surface area contributed by atoms with Gasteiger partial charge in [-0.2, -0.15) is 0 Å². The number of carbonyl (C=O) groups is 1. The summed E-state index contributed by atoms with van der Waals surface area (Å²) in [6.07, 6.45) is 1.90. The molecule has 2 unspecified atom stereocenters. The largest absolute Gasteiger partial charge is 0.395 e. The van der Waals surface area contributed by atoms with E-state index < -0.39 is 0 Å². The lowest BCUT2D eigenvalue weighted by atomic mass is 10.0. The molecule has 1 aliphatic rings. The molecule has 4 heteroatoms. The van der Waals surface area contributed by atoms with Crippen molar-refractivity contribution in [2.75, 3.05) is 19.7 Å². The number of rotatable bonds is 5. The molecule has 1 aromatic rings. The Balaban J connectivity index is 2.12. The number of aryl methyl sites for hydroxylation is 1. The molecule has 0 aromatic heterocycles. The summed E-state index contributed by atoms with van der Waals surface area (Å²) in [6, 6.07) is 6.48. The second kappa shape index (κ2) is 6.94. The second-order valence-electron chi connectivity index (χ2n) is 6.02. The summed E-state index contributed by atoms with van der Waals surface area (Å²) in [7, 11) is 0. The number of amides is 2. The molecule has 0 fully saturated rings. The van der Waals surface area contributed by atoms with Crippen molar-refractivity contribution in [3.8, 4) is 0 Å². The van der Waals surface area contributed by atoms with Crippen molar-refractivity contribution in [1.82, 2.24) is 10.2 Å². The first-order valence-corrected chi connectivity index (χ1v) is 7.82. The predicted octanol–water partition coefficient (Wildman–Crippen LogP) is 2.64. The highest BCUT2D eigenvalue weighted by Gasteiger charge is 2.31. The predicted molar refractivity (Wildman–Crippen MR) is 84.3 cm³/mol. The topological polar surface area (TPSA) is 52.6 Å². The van der Waals surface area contributed by atoms with Gasteiger partial charge in [0.05, 0.1) is 12.6 Å². The maximum Gasteiger partial charge on any atom is 0.317 e. The fraction of sp³-hybridized carbons (Fsp3) is 0.588. The van der Waals surface area contributed by atoms with Crippen molar-refractivity contribution in [1.29, 1.82) is 0 Å². The second-order valence-corrected chi connectivity index (χ2v) is 6.02. The summed E-state index contributed by atoms with van der Waals surface area (Å²) in [5, 5.41) is 12.3. The summed E-state index contributed by atoms with van der Waals surface area (Å²) in [6.45, 7) is 7.36. The molecule has 0 aliphatic heterocycles. The Labute approximate surface area is 127 Å². The Kier molecular flexibility index (Phi) is 5.23. The van der Waals surface area contributed by atoms with Gasteiger partial charge in [0.15, 0.2) is 0 Å². The minimum Gasteiger partial charge on any atom is -0.395 e. The average molecular weight is 290 g/mol. The molecule has 0 heterocycles. The average Bonchev–Trinajstić information content (AvgIpc) is 2.75. The molecule has 2 atom stereocenters. The highest BCUT2D eigenvalue weighted by Crippen LogP contribution is 2.36. The quantitative estimate of drug-likeness (QED) is 0.876. The molecule has 21 heavy (non-hydrogen) atoms. The van der Waals surface area contributed by atoms with Gasteiger partial charge in [0.2, 0.25) is 0 Å². The van der Waals surface area contributed by atoms with Crippen LogP contribution in [0.25, 0.3) is 0 Å². The maximum absolute atomic E-state index is 12.4. The number of hydrogen-bond acceptors (Lipinski definition) is 2. The van der Waals surface area contributed by atoms with Crippen molar-refractivity contribution in [3.05, 3.63) is 34.9 Å². The number of nitrogens with one attached hydrogen (secondary N) is 1. The van der Waals surface area contributed by atoms with Gasteiger partial charge in [-0.1, -0.05) is 37.6 Å². The number of nitrogens with zero attached hydrogens (tertiary/aromatic N) is 1. The zero-order valence-electron chi connectivity index (χ0n) is 13.2. The van der Waals surface area contributed by atoms with E-state index in [0.717, 1.165) is 12.8 Å². The van der Waals surface area contributed by atoms with Gasteiger partial charge in [-0.3, -0.25) is 0 Å². The summed E-state index contributed by atoms with van der Waals surface area (Å²) < 4.78 is 0. The minimum atomic E-state index is -0.0721. The fourth-order valence-corrected chi connectivity index (χ4v) is 3.11. The van der Waals surface area contributed by atoms with Crippen LogP contribution in [0.3, 0.4) is 0 Å². The molecule has 0 saturated carbocycles. The molecule has 116 valence electrons. The van der Waals surface area contributed by atoms with Crippen LogP contribution < -0.4 is 5.32 Å². The smallest absolute Gasteiger partial charge is 0.317 e. The zero-order chi connectivity index (χ0) is 15.4. The van der Waals surface area contributed by atoms with E-state index in [-0.39, 0.29) is 18.7 Å². The van der Waals surface area contributed by atoms with Crippen molar-refractivity contribution in [2.24, 2.45) is 5.92 Å². The Morgan fingerprint density at radius 3 is 2.86 bits per heavy atom. The highest BCUT2D eigenvalue weighted by molar-refractivity contribution is 5.75. The molecular weight excluding hydrogens is 264 g/mol. The van der Waals surface area contributed by atoms with Crippen LogP contribution in [0.2, 0.25) is 0 Å². The van der Waals surface area contributed by atoms with Gasteiger partial charge in [-0.15, -0.1) is 0 Å². The number of hydrogen-bond donors (Lipinski definition) is 2.